The minimum absolute atomic E-state index is 0.00721. The van der Waals surface area contributed by atoms with E-state index < -0.39 is 23.1 Å². The van der Waals surface area contributed by atoms with Gasteiger partial charge in [0.05, 0.1) is 34.4 Å². The first-order valence-electron chi connectivity index (χ1n) is 15.4. The zero-order chi connectivity index (χ0) is 33.5. The Morgan fingerprint density at radius 1 is 1.04 bits per heavy atom. The van der Waals surface area contributed by atoms with Crippen LogP contribution in [0.3, 0.4) is 0 Å². The highest BCUT2D eigenvalue weighted by molar-refractivity contribution is 6.34. The largest absolute Gasteiger partial charge is 0.444 e. The molecule has 11 heteroatoms. The molecule has 0 N–H and O–H groups in total. The Bertz CT molecular complexity index is 1890. The van der Waals surface area contributed by atoms with Crippen LogP contribution in [-0.2, 0) is 4.74 Å². The fraction of sp³-hybridized carbons (Fsp3) is 0.400. The predicted molar refractivity (Wildman–Crippen MR) is 180 cm³/mol. The highest BCUT2D eigenvalue weighted by Gasteiger charge is 2.32. The van der Waals surface area contributed by atoms with Gasteiger partial charge < -0.3 is 14.5 Å². The summed E-state index contributed by atoms with van der Waals surface area (Å²) in [6, 6.07) is 9.73. The second-order valence-electron chi connectivity index (χ2n) is 13.0. The van der Waals surface area contributed by atoms with E-state index in [9.17, 15) is 9.59 Å². The minimum atomic E-state index is -0.638. The number of ether oxygens (including phenoxy) is 1. The number of nitrogens with zero attached hydrogens (tertiary/aromatic N) is 6. The van der Waals surface area contributed by atoms with Gasteiger partial charge in [-0.2, -0.15) is 0 Å². The number of hydrogen-bond donors (Lipinski definition) is 0. The number of hydrogen-bond acceptors (Lipinski definition) is 6. The average Bonchev–Trinajstić information content (AvgIpc) is 2.99. The Labute approximate surface area is 273 Å². The summed E-state index contributed by atoms with van der Waals surface area (Å²) in [5, 5.41) is 0.640. The maximum Gasteiger partial charge on any atom is 0.410 e. The van der Waals surface area contributed by atoms with Crippen LogP contribution in [0.15, 0.2) is 47.4 Å². The summed E-state index contributed by atoms with van der Waals surface area (Å²) in [7, 11) is 0. The van der Waals surface area contributed by atoms with Gasteiger partial charge in [0, 0.05) is 43.3 Å². The van der Waals surface area contributed by atoms with Crippen molar-refractivity contribution in [2.24, 2.45) is 0 Å². The third-order valence-corrected chi connectivity index (χ3v) is 8.21. The van der Waals surface area contributed by atoms with Crippen molar-refractivity contribution in [1.82, 2.24) is 19.4 Å². The van der Waals surface area contributed by atoms with E-state index >= 15 is 4.39 Å². The molecule has 1 aromatic carbocycles. The molecule has 0 aliphatic carbocycles. The van der Waals surface area contributed by atoms with Crippen LogP contribution in [0.25, 0.3) is 32.8 Å². The van der Waals surface area contributed by atoms with Gasteiger partial charge in [-0.05, 0) is 62.4 Å². The molecule has 1 saturated heterocycles. The Balaban J connectivity index is 1.81. The fourth-order valence-electron chi connectivity index (χ4n) is 5.78. The van der Waals surface area contributed by atoms with Crippen LogP contribution in [-0.4, -0.2) is 57.3 Å². The molecule has 0 unspecified atom stereocenters. The Kier molecular flexibility index (Phi) is 9.09. The molecule has 0 spiro atoms. The number of carbonyl (C=O) groups is 1. The summed E-state index contributed by atoms with van der Waals surface area (Å²) in [6.45, 7) is 23.0. The van der Waals surface area contributed by atoms with E-state index in [1.165, 1.54) is 10.6 Å². The number of anilines is 1. The summed E-state index contributed by atoms with van der Waals surface area (Å²) in [4.78, 5) is 44.3. The van der Waals surface area contributed by atoms with E-state index in [0.29, 0.717) is 48.6 Å². The smallest absolute Gasteiger partial charge is 0.410 e. The highest BCUT2D eigenvalue weighted by atomic mass is 35.5. The number of benzene rings is 1. The van der Waals surface area contributed by atoms with Gasteiger partial charge in [-0.25, -0.2) is 19.0 Å². The number of carbonyl (C=O) groups excluding carboxylic acids is 1. The number of piperazine rings is 1. The van der Waals surface area contributed by atoms with Crippen molar-refractivity contribution in [1.29, 1.82) is 0 Å². The summed E-state index contributed by atoms with van der Waals surface area (Å²) in [6.07, 6.45) is 1.31. The molecule has 1 amide bonds. The van der Waals surface area contributed by atoms with Gasteiger partial charge in [0.15, 0.2) is 0 Å². The zero-order valence-electron chi connectivity index (χ0n) is 27.2. The van der Waals surface area contributed by atoms with Crippen LogP contribution < -0.4 is 10.5 Å². The minimum Gasteiger partial charge on any atom is -0.444 e. The van der Waals surface area contributed by atoms with Crippen molar-refractivity contribution in [2.75, 3.05) is 31.1 Å². The van der Waals surface area contributed by atoms with Crippen molar-refractivity contribution in [3.8, 4) is 16.9 Å². The Morgan fingerprint density at radius 3 is 2.30 bits per heavy atom. The number of fused-ring (bicyclic) bond motifs is 1. The molecule has 0 atom stereocenters. The van der Waals surface area contributed by atoms with Crippen LogP contribution in [0.2, 0.25) is 5.02 Å². The molecular formula is C35H38ClFN6O3. The van der Waals surface area contributed by atoms with Crippen molar-refractivity contribution in [3.05, 3.63) is 86.5 Å². The molecule has 1 fully saturated rings. The molecule has 0 bridgehead atoms. The van der Waals surface area contributed by atoms with Gasteiger partial charge in [-0.1, -0.05) is 51.4 Å². The van der Waals surface area contributed by atoms with Crippen molar-refractivity contribution in [3.63, 3.8) is 0 Å². The quantitative estimate of drug-likeness (QED) is 0.204. The molecule has 4 aromatic rings. The molecule has 4 heterocycles. The van der Waals surface area contributed by atoms with Crippen LogP contribution in [0.1, 0.15) is 71.6 Å². The first-order chi connectivity index (χ1) is 21.7. The van der Waals surface area contributed by atoms with E-state index in [1.54, 1.807) is 35.4 Å². The van der Waals surface area contributed by atoms with Gasteiger partial charge in [-0.15, -0.1) is 0 Å². The number of pyridine rings is 3. The standard InChI is InChI=1S/C35H38ClFN6O3/c1-20(2)22-13-14-39-27(21(3)4)31(22)43-32-24(19-25(36)28(40-32)23-11-9-10-12-26(23)37)30(29(38-8)33(43)44)41-15-17-42(18-16-41)34(45)46-35(5,6)7/h9-14,19-21H,15-18H2,1-7H3. The molecule has 46 heavy (non-hydrogen) atoms. The molecule has 3 aromatic heterocycles. The van der Waals surface area contributed by atoms with Crippen LogP contribution >= 0.6 is 11.6 Å². The lowest BCUT2D eigenvalue weighted by atomic mass is 9.96. The fourth-order valence-corrected chi connectivity index (χ4v) is 6.04. The summed E-state index contributed by atoms with van der Waals surface area (Å²) < 4.78 is 22.1. The number of rotatable bonds is 5. The van der Waals surface area contributed by atoms with Gasteiger partial charge in [0.2, 0.25) is 0 Å². The van der Waals surface area contributed by atoms with Crippen LogP contribution in [0.5, 0.6) is 0 Å². The third-order valence-electron chi connectivity index (χ3n) is 7.92. The van der Waals surface area contributed by atoms with E-state index in [4.69, 9.17) is 27.9 Å². The van der Waals surface area contributed by atoms with Gasteiger partial charge in [-0.3, -0.25) is 14.3 Å². The zero-order valence-corrected chi connectivity index (χ0v) is 27.9. The Morgan fingerprint density at radius 2 is 1.72 bits per heavy atom. The summed E-state index contributed by atoms with van der Waals surface area (Å²) in [5.74, 6) is -0.563. The second kappa shape index (κ2) is 12.7. The first kappa shape index (κ1) is 32.9. The molecule has 0 radical (unpaired) electrons. The first-order valence-corrected chi connectivity index (χ1v) is 15.7. The molecule has 9 nitrogen and oxygen atoms in total. The summed E-state index contributed by atoms with van der Waals surface area (Å²) in [5.41, 5.74) is 1.79. The topological polar surface area (TPSA) is 84.9 Å². The molecule has 5 rings (SSSR count). The molecule has 1 aliphatic heterocycles. The molecule has 1 aliphatic rings. The monoisotopic (exact) mass is 644 g/mol. The van der Waals surface area contributed by atoms with E-state index in [0.717, 1.165) is 5.56 Å². The molecule has 0 saturated carbocycles. The van der Waals surface area contributed by atoms with Gasteiger partial charge in [0.1, 0.15) is 17.1 Å². The highest BCUT2D eigenvalue weighted by Crippen LogP contribution is 2.41. The maximum atomic E-state index is 15.1. The number of amides is 1. The third kappa shape index (κ3) is 6.16. The predicted octanol–water partition coefficient (Wildman–Crippen LogP) is 8.09. The van der Waals surface area contributed by atoms with E-state index in [1.807, 2.05) is 59.4 Å². The van der Waals surface area contributed by atoms with Crippen LogP contribution in [0, 0.1) is 12.4 Å². The lowest BCUT2D eigenvalue weighted by molar-refractivity contribution is 0.0240. The second-order valence-corrected chi connectivity index (χ2v) is 13.4. The van der Waals surface area contributed by atoms with Gasteiger partial charge in [0.25, 0.3) is 11.2 Å². The average molecular weight is 645 g/mol. The Hall–Kier alpha value is -4.49. The molecule has 240 valence electrons. The lowest BCUT2D eigenvalue weighted by Gasteiger charge is -2.37. The van der Waals surface area contributed by atoms with Gasteiger partial charge >= 0.3 is 6.09 Å². The van der Waals surface area contributed by atoms with Crippen molar-refractivity contribution >= 4 is 40.1 Å². The number of halogens is 2. The maximum absolute atomic E-state index is 15.1. The normalized spacial score (nSPS) is 13.9. The van der Waals surface area contributed by atoms with E-state index in [-0.39, 0.29) is 39.5 Å². The lowest BCUT2D eigenvalue weighted by Crippen LogP contribution is -2.50. The molecular weight excluding hydrogens is 607 g/mol. The van der Waals surface area contributed by atoms with Crippen molar-refractivity contribution < 1.29 is 13.9 Å². The summed E-state index contributed by atoms with van der Waals surface area (Å²) >= 11 is 6.85. The van der Waals surface area contributed by atoms with Crippen LogP contribution in [0.4, 0.5) is 20.6 Å². The van der Waals surface area contributed by atoms with E-state index in [2.05, 4.69) is 9.83 Å². The van der Waals surface area contributed by atoms with Crippen molar-refractivity contribution in [2.45, 2.75) is 65.9 Å². The number of aromatic nitrogens is 3. The SMILES string of the molecule is [C-]#[N+]c1c(N2CCN(C(=O)OC(C)(C)C)CC2)c2cc(Cl)c(-c3ccccc3F)nc2n(-c2c(C(C)C)ccnc2C(C)C)c1=O.